The highest BCUT2D eigenvalue weighted by Crippen LogP contribution is 2.27. The number of urea groups is 1. The van der Waals surface area contributed by atoms with Crippen LogP contribution in [0.25, 0.3) is 10.6 Å². The Morgan fingerprint density at radius 3 is 2.19 bits per heavy atom. The van der Waals surface area contributed by atoms with E-state index in [9.17, 15) is 9.59 Å². The first kappa shape index (κ1) is 23.4. The second-order valence-corrected chi connectivity index (χ2v) is 9.69. The maximum atomic E-state index is 12.9. The first-order valence-corrected chi connectivity index (χ1v) is 12.0. The van der Waals surface area contributed by atoms with Crippen LogP contribution < -0.4 is 16.0 Å². The number of amides is 3. The number of benzene rings is 2. The molecule has 0 saturated heterocycles. The first-order valence-electron chi connectivity index (χ1n) is 9.59. The van der Waals surface area contributed by atoms with Crippen molar-refractivity contribution >= 4 is 66.0 Å². The minimum atomic E-state index is -0.722. The molecule has 162 valence electrons. The van der Waals surface area contributed by atoms with Crippen LogP contribution in [0.3, 0.4) is 0 Å². The minimum Gasteiger partial charge on any atom is -0.326 e. The Bertz CT molecular complexity index is 1040. The SMILES string of the molecule is CC[C@H](C)[C@H](NC(=O)Nc1ccc(Br)cc1)C(=O)Nc1nnc(-c2ccc(Br)cc2)s1. The molecular formula is C21H21Br2N5O2S. The lowest BCUT2D eigenvalue weighted by Crippen LogP contribution is -2.49. The van der Waals surface area contributed by atoms with Crippen LogP contribution in [0.5, 0.6) is 0 Å². The van der Waals surface area contributed by atoms with E-state index in [4.69, 9.17) is 0 Å². The van der Waals surface area contributed by atoms with E-state index < -0.39 is 12.1 Å². The molecule has 7 nitrogen and oxygen atoms in total. The molecule has 1 aromatic heterocycles. The molecular weight excluding hydrogens is 546 g/mol. The molecule has 1 heterocycles. The summed E-state index contributed by atoms with van der Waals surface area (Å²) in [5, 5.41) is 17.6. The van der Waals surface area contributed by atoms with Gasteiger partial charge in [-0.15, -0.1) is 10.2 Å². The van der Waals surface area contributed by atoms with Crippen molar-refractivity contribution in [2.75, 3.05) is 10.6 Å². The molecule has 3 N–H and O–H groups in total. The average Bonchev–Trinajstić information content (AvgIpc) is 3.22. The molecule has 0 fully saturated rings. The van der Waals surface area contributed by atoms with Crippen LogP contribution in [0.15, 0.2) is 57.5 Å². The number of nitrogens with zero attached hydrogens (tertiary/aromatic N) is 2. The van der Waals surface area contributed by atoms with Crippen molar-refractivity contribution in [1.29, 1.82) is 0 Å². The summed E-state index contributed by atoms with van der Waals surface area (Å²) in [6, 6.07) is 13.7. The lowest BCUT2D eigenvalue weighted by atomic mass is 9.98. The Kier molecular flexibility index (Phi) is 8.16. The fraction of sp³-hybridized carbons (Fsp3) is 0.238. The van der Waals surface area contributed by atoms with Gasteiger partial charge in [0, 0.05) is 20.2 Å². The summed E-state index contributed by atoms with van der Waals surface area (Å²) < 4.78 is 1.88. The molecule has 0 radical (unpaired) electrons. The Morgan fingerprint density at radius 2 is 1.58 bits per heavy atom. The standard InChI is InChI=1S/C21H21Br2N5O2S/c1-3-12(2)17(25-20(30)24-16-10-8-15(23)9-11-16)18(29)26-21-28-27-19(31-21)13-4-6-14(22)7-5-13/h4-12,17H,3H2,1-2H3,(H2,24,25,30)(H,26,28,29)/t12-,17-/m0/s1. The average molecular weight is 567 g/mol. The van der Waals surface area contributed by atoms with Gasteiger partial charge < -0.3 is 10.6 Å². The van der Waals surface area contributed by atoms with Crippen LogP contribution in [0.1, 0.15) is 20.3 Å². The first-order chi connectivity index (χ1) is 14.9. The van der Waals surface area contributed by atoms with Crippen LogP contribution in [-0.4, -0.2) is 28.2 Å². The van der Waals surface area contributed by atoms with Crippen LogP contribution in [0.4, 0.5) is 15.6 Å². The predicted molar refractivity (Wildman–Crippen MR) is 131 cm³/mol. The van der Waals surface area contributed by atoms with Gasteiger partial charge in [0.2, 0.25) is 11.0 Å². The highest BCUT2D eigenvalue weighted by molar-refractivity contribution is 9.10. The molecule has 3 aromatic rings. The number of carbonyl (C=O) groups excluding carboxylic acids is 2. The normalized spacial score (nSPS) is 12.6. The van der Waals surface area contributed by atoms with Crippen LogP contribution in [-0.2, 0) is 4.79 Å². The van der Waals surface area contributed by atoms with E-state index in [-0.39, 0.29) is 11.8 Å². The Morgan fingerprint density at radius 1 is 0.968 bits per heavy atom. The number of hydrogen-bond acceptors (Lipinski definition) is 5. The van der Waals surface area contributed by atoms with Gasteiger partial charge in [-0.1, -0.05) is 75.6 Å². The smallest absolute Gasteiger partial charge is 0.319 e. The van der Waals surface area contributed by atoms with Crippen molar-refractivity contribution in [3.63, 3.8) is 0 Å². The number of nitrogens with one attached hydrogen (secondary N) is 3. The highest BCUT2D eigenvalue weighted by Gasteiger charge is 2.27. The lowest BCUT2D eigenvalue weighted by Gasteiger charge is -2.23. The zero-order valence-electron chi connectivity index (χ0n) is 16.9. The van der Waals surface area contributed by atoms with E-state index in [2.05, 4.69) is 58.0 Å². The molecule has 0 aliphatic carbocycles. The second-order valence-electron chi connectivity index (χ2n) is 6.88. The van der Waals surface area contributed by atoms with E-state index in [0.29, 0.717) is 15.8 Å². The summed E-state index contributed by atoms with van der Waals surface area (Å²) in [6.07, 6.45) is 0.719. The molecule has 0 spiro atoms. The summed E-state index contributed by atoms with van der Waals surface area (Å²) in [5.41, 5.74) is 1.54. The van der Waals surface area contributed by atoms with E-state index in [0.717, 1.165) is 20.9 Å². The maximum Gasteiger partial charge on any atom is 0.319 e. The fourth-order valence-electron chi connectivity index (χ4n) is 2.71. The van der Waals surface area contributed by atoms with Crippen molar-refractivity contribution in [2.45, 2.75) is 26.3 Å². The Hall–Kier alpha value is -2.30. The third-order valence-corrected chi connectivity index (χ3v) is 6.58. The third-order valence-electron chi connectivity index (χ3n) is 4.63. The van der Waals surface area contributed by atoms with Crippen LogP contribution >= 0.6 is 43.2 Å². The quantitative estimate of drug-likeness (QED) is 0.331. The molecule has 2 atom stereocenters. The molecule has 3 rings (SSSR count). The van der Waals surface area contributed by atoms with E-state index in [1.807, 2.05) is 50.2 Å². The zero-order valence-corrected chi connectivity index (χ0v) is 20.8. The number of halogens is 2. The van der Waals surface area contributed by atoms with Gasteiger partial charge in [-0.25, -0.2) is 4.79 Å². The van der Waals surface area contributed by atoms with Crippen molar-refractivity contribution in [1.82, 2.24) is 15.5 Å². The van der Waals surface area contributed by atoms with Gasteiger partial charge in [-0.3, -0.25) is 10.1 Å². The van der Waals surface area contributed by atoms with Gasteiger partial charge in [0.1, 0.15) is 11.0 Å². The predicted octanol–water partition coefficient (Wildman–Crippen LogP) is 5.91. The second kappa shape index (κ2) is 10.8. The third kappa shape index (κ3) is 6.59. The van der Waals surface area contributed by atoms with Crippen molar-refractivity contribution in [2.24, 2.45) is 5.92 Å². The largest absolute Gasteiger partial charge is 0.326 e. The molecule has 0 bridgehead atoms. The zero-order chi connectivity index (χ0) is 22.4. The van der Waals surface area contributed by atoms with E-state index >= 15 is 0 Å². The maximum absolute atomic E-state index is 12.9. The van der Waals surface area contributed by atoms with E-state index in [1.165, 1.54) is 11.3 Å². The van der Waals surface area contributed by atoms with E-state index in [1.54, 1.807) is 12.1 Å². The molecule has 2 aromatic carbocycles. The van der Waals surface area contributed by atoms with Crippen molar-refractivity contribution < 1.29 is 9.59 Å². The Balaban J connectivity index is 1.66. The molecule has 3 amide bonds. The minimum absolute atomic E-state index is 0.0745. The molecule has 10 heteroatoms. The number of aromatic nitrogens is 2. The van der Waals surface area contributed by atoms with Gasteiger partial charge in [-0.2, -0.15) is 0 Å². The topological polar surface area (TPSA) is 96.0 Å². The number of anilines is 2. The molecule has 31 heavy (non-hydrogen) atoms. The van der Waals surface area contributed by atoms with Gasteiger partial charge >= 0.3 is 6.03 Å². The van der Waals surface area contributed by atoms with Gasteiger partial charge in [0.15, 0.2) is 0 Å². The summed E-state index contributed by atoms with van der Waals surface area (Å²) in [6.45, 7) is 3.88. The van der Waals surface area contributed by atoms with Gasteiger partial charge in [0.25, 0.3) is 0 Å². The number of carbonyl (C=O) groups is 2. The monoisotopic (exact) mass is 565 g/mol. The van der Waals surface area contributed by atoms with Gasteiger partial charge in [0.05, 0.1) is 0 Å². The molecule has 0 saturated carbocycles. The number of rotatable bonds is 7. The van der Waals surface area contributed by atoms with Crippen molar-refractivity contribution in [3.05, 3.63) is 57.5 Å². The summed E-state index contributed by atoms with van der Waals surface area (Å²) >= 11 is 8.04. The van der Waals surface area contributed by atoms with Crippen molar-refractivity contribution in [3.8, 4) is 10.6 Å². The lowest BCUT2D eigenvalue weighted by molar-refractivity contribution is -0.119. The summed E-state index contributed by atoms with van der Waals surface area (Å²) in [7, 11) is 0. The molecule has 0 aliphatic heterocycles. The number of hydrogen-bond donors (Lipinski definition) is 3. The summed E-state index contributed by atoms with van der Waals surface area (Å²) in [5.74, 6) is -0.409. The highest BCUT2D eigenvalue weighted by atomic mass is 79.9. The molecule has 0 unspecified atom stereocenters. The van der Waals surface area contributed by atoms with Crippen LogP contribution in [0.2, 0.25) is 0 Å². The van der Waals surface area contributed by atoms with Gasteiger partial charge in [-0.05, 0) is 42.3 Å². The summed E-state index contributed by atoms with van der Waals surface area (Å²) in [4.78, 5) is 25.4. The molecule has 0 aliphatic rings. The fourth-order valence-corrected chi connectivity index (χ4v) is 3.99. The Labute approximate surface area is 201 Å². The van der Waals surface area contributed by atoms with Crippen LogP contribution in [0, 0.1) is 5.92 Å².